The van der Waals surface area contributed by atoms with Crippen molar-refractivity contribution in [3.05, 3.63) is 53.9 Å². The van der Waals surface area contributed by atoms with Crippen molar-refractivity contribution >= 4 is 5.78 Å². The lowest BCUT2D eigenvalue weighted by atomic mass is 10.0. The van der Waals surface area contributed by atoms with Gasteiger partial charge in [0.15, 0.2) is 0 Å². The van der Waals surface area contributed by atoms with E-state index in [1.54, 1.807) is 18.3 Å². The number of hydrogen-bond donors (Lipinski definition) is 1. The van der Waals surface area contributed by atoms with Gasteiger partial charge in [-0.2, -0.15) is 0 Å². The highest BCUT2D eigenvalue weighted by molar-refractivity contribution is 5.83. The number of aromatic hydroxyl groups is 1. The first-order valence-corrected chi connectivity index (χ1v) is 8.11. The molecule has 1 aliphatic rings. The van der Waals surface area contributed by atoms with Crippen LogP contribution in [-0.4, -0.2) is 22.0 Å². The topological polar surface area (TPSA) is 59.4 Å². The Morgan fingerprint density at radius 2 is 2.00 bits per heavy atom. The maximum atomic E-state index is 12.1. The van der Waals surface area contributed by atoms with Crippen LogP contribution in [0.2, 0.25) is 0 Å². The summed E-state index contributed by atoms with van der Waals surface area (Å²) >= 11 is 0. The molecule has 0 atom stereocenters. The molecule has 23 heavy (non-hydrogen) atoms. The van der Waals surface area contributed by atoms with Crippen molar-refractivity contribution in [3.63, 3.8) is 0 Å². The van der Waals surface area contributed by atoms with E-state index in [1.807, 2.05) is 24.3 Å². The van der Waals surface area contributed by atoms with Gasteiger partial charge in [-0.1, -0.05) is 12.1 Å². The van der Waals surface area contributed by atoms with Crippen LogP contribution in [0.3, 0.4) is 0 Å². The average molecular weight is 311 g/mol. The smallest absolute Gasteiger partial charge is 0.143 e. The lowest BCUT2D eigenvalue weighted by molar-refractivity contribution is -0.117. The van der Waals surface area contributed by atoms with E-state index < -0.39 is 0 Å². The molecule has 0 bridgehead atoms. The highest BCUT2D eigenvalue weighted by Crippen LogP contribution is 2.28. The predicted molar refractivity (Wildman–Crippen MR) is 87.6 cm³/mol. The third kappa shape index (κ3) is 4.31. The van der Waals surface area contributed by atoms with Gasteiger partial charge in [-0.05, 0) is 43.9 Å². The number of nitrogens with zero attached hydrogens (tertiary/aromatic N) is 1. The number of rotatable bonds is 6. The van der Waals surface area contributed by atoms with E-state index in [0.717, 1.165) is 18.5 Å². The SMILES string of the molecule is O=C(Cc1ccccn1)Cc1ccc(OC2CCCC2)cc1O. The van der Waals surface area contributed by atoms with Crippen LogP contribution in [0.4, 0.5) is 0 Å². The lowest BCUT2D eigenvalue weighted by Gasteiger charge is -2.14. The molecular weight excluding hydrogens is 290 g/mol. The van der Waals surface area contributed by atoms with E-state index in [9.17, 15) is 9.90 Å². The number of ketones is 1. The van der Waals surface area contributed by atoms with Gasteiger partial charge in [0.1, 0.15) is 17.3 Å². The minimum absolute atomic E-state index is 0.0310. The maximum absolute atomic E-state index is 12.1. The fourth-order valence-electron chi connectivity index (χ4n) is 2.94. The third-order valence-electron chi connectivity index (χ3n) is 4.15. The number of hydrogen-bond acceptors (Lipinski definition) is 4. The molecule has 1 aromatic heterocycles. The molecule has 0 spiro atoms. The van der Waals surface area contributed by atoms with Crippen molar-refractivity contribution in [1.29, 1.82) is 0 Å². The molecule has 4 nitrogen and oxygen atoms in total. The van der Waals surface area contributed by atoms with Crippen molar-refractivity contribution in [2.24, 2.45) is 0 Å². The molecule has 3 rings (SSSR count). The molecule has 0 saturated heterocycles. The van der Waals surface area contributed by atoms with Crippen LogP contribution in [0.25, 0.3) is 0 Å². The Morgan fingerprint density at radius 3 is 2.70 bits per heavy atom. The quantitative estimate of drug-likeness (QED) is 0.887. The van der Waals surface area contributed by atoms with Crippen LogP contribution in [0, 0.1) is 0 Å². The molecular formula is C19H21NO3. The largest absolute Gasteiger partial charge is 0.508 e. The van der Waals surface area contributed by atoms with Crippen molar-refractivity contribution in [2.75, 3.05) is 0 Å². The molecule has 1 heterocycles. The van der Waals surface area contributed by atoms with Crippen LogP contribution in [0.5, 0.6) is 11.5 Å². The second-order valence-electron chi connectivity index (χ2n) is 6.03. The van der Waals surface area contributed by atoms with Crippen molar-refractivity contribution < 1.29 is 14.6 Å². The van der Waals surface area contributed by atoms with E-state index in [-0.39, 0.29) is 30.5 Å². The second kappa shape index (κ2) is 7.27. The molecule has 1 N–H and O–H groups in total. The van der Waals surface area contributed by atoms with E-state index in [1.165, 1.54) is 12.8 Å². The predicted octanol–water partition coefficient (Wildman–Crippen LogP) is 3.46. The molecule has 1 aliphatic carbocycles. The minimum Gasteiger partial charge on any atom is -0.508 e. The first kappa shape index (κ1) is 15.5. The molecule has 120 valence electrons. The molecule has 0 amide bonds. The molecule has 4 heteroatoms. The zero-order valence-electron chi connectivity index (χ0n) is 13.1. The van der Waals surface area contributed by atoms with Gasteiger partial charge in [-0.15, -0.1) is 0 Å². The van der Waals surface area contributed by atoms with Gasteiger partial charge in [0.05, 0.1) is 6.10 Å². The zero-order valence-corrected chi connectivity index (χ0v) is 13.1. The number of ether oxygens (including phenoxy) is 1. The molecule has 1 saturated carbocycles. The Bertz CT molecular complexity index is 664. The van der Waals surface area contributed by atoms with E-state index in [0.29, 0.717) is 11.3 Å². The number of carbonyl (C=O) groups excluding carboxylic acids is 1. The fraction of sp³-hybridized carbons (Fsp3) is 0.368. The summed E-state index contributed by atoms with van der Waals surface area (Å²) in [5.41, 5.74) is 1.38. The third-order valence-corrected chi connectivity index (χ3v) is 4.15. The van der Waals surface area contributed by atoms with Crippen LogP contribution in [-0.2, 0) is 17.6 Å². The standard InChI is InChI=1S/C19H21NO3/c21-16(12-15-5-3-4-10-20-15)11-14-8-9-18(13-19(14)22)23-17-6-1-2-7-17/h3-5,8-10,13,17,22H,1-2,6-7,11-12H2. The van der Waals surface area contributed by atoms with Gasteiger partial charge in [-0.25, -0.2) is 0 Å². The van der Waals surface area contributed by atoms with Crippen molar-refractivity contribution in [2.45, 2.75) is 44.6 Å². The lowest BCUT2D eigenvalue weighted by Crippen LogP contribution is -2.11. The number of Topliss-reactive ketones (excluding diaryl/α,β-unsaturated/α-hetero) is 1. The maximum Gasteiger partial charge on any atom is 0.143 e. The summed E-state index contributed by atoms with van der Waals surface area (Å²) in [5.74, 6) is 0.827. The van der Waals surface area contributed by atoms with E-state index in [4.69, 9.17) is 4.74 Å². The van der Waals surface area contributed by atoms with Crippen molar-refractivity contribution in [1.82, 2.24) is 4.98 Å². The molecule has 0 unspecified atom stereocenters. The Kier molecular flexibility index (Phi) is 4.91. The normalized spacial score (nSPS) is 14.8. The summed E-state index contributed by atoms with van der Waals surface area (Å²) < 4.78 is 5.86. The molecule has 1 fully saturated rings. The molecule has 2 aromatic rings. The van der Waals surface area contributed by atoms with Gasteiger partial charge in [0.2, 0.25) is 0 Å². The fourth-order valence-corrected chi connectivity index (χ4v) is 2.94. The van der Waals surface area contributed by atoms with Crippen LogP contribution in [0.15, 0.2) is 42.6 Å². The number of pyridine rings is 1. The summed E-state index contributed by atoms with van der Waals surface area (Å²) in [6.07, 6.45) is 6.97. The molecule has 0 aliphatic heterocycles. The Labute approximate surface area is 136 Å². The highest BCUT2D eigenvalue weighted by Gasteiger charge is 2.17. The Hall–Kier alpha value is -2.36. The Morgan fingerprint density at radius 1 is 1.17 bits per heavy atom. The summed E-state index contributed by atoms with van der Waals surface area (Å²) in [6, 6.07) is 10.7. The molecule has 1 aromatic carbocycles. The second-order valence-corrected chi connectivity index (χ2v) is 6.03. The minimum atomic E-state index is 0.0310. The summed E-state index contributed by atoms with van der Waals surface area (Å²) in [4.78, 5) is 16.3. The van der Waals surface area contributed by atoms with Gasteiger partial charge < -0.3 is 9.84 Å². The summed E-state index contributed by atoms with van der Waals surface area (Å²) in [7, 11) is 0. The number of carbonyl (C=O) groups is 1. The number of phenols is 1. The van der Waals surface area contributed by atoms with Crippen LogP contribution >= 0.6 is 0 Å². The Balaban J connectivity index is 1.60. The van der Waals surface area contributed by atoms with E-state index >= 15 is 0 Å². The average Bonchev–Trinajstić information content (AvgIpc) is 3.04. The monoisotopic (exact) mass is 311 g/mol. The number of benzene rings is 1. The summed E-state index contributed by atoms with van der Waals surface area (Å²) in [5, 5.41) is 10.1. The first-order chi connectivity index (χ1) is 11.2. The number of phenolic OH excluding ortho intramolecular Hbond substituents is 1. The summed E-state index contributed by atoms with van der Waals surface area (Å²) in [6.45, 7) is 0. The molecule has 0 radical (unpaired) electrons. The van der Waals surface area contributed by atoms with Gasteiger partial charge in [0, 0.05) is 36.4 Å². The van der Waals surface area contributed by atoms with Crippen LogP contribution in [0.1, 0.15) is 36.9 Å². The van der Waals surface area contributed by atoms with E-state index in [2.05, 4.69) is 4.98 Å². The van der Waals surface area contributed by atoms with Crippen LogP contribution < -0.4 is 4.74 Å². The zero-order chi connectivity index (χ0) is 16.1. The van der Waals surface area contributed by atoms with Gasteiger partial charge >= 0.3 is 0 Å². The van der Waals surface area contributed by atoms with Gasteiger partial charge in [0.25, 0.3) is 0 Å². The first-order valence-electron chi connectivity index (χ1n) is 8.11. The van der Waals surface area contributed by atoms with Gasteiger partial charge in [-0.3, -0.25) is 9.78 Å². The number of aromatic nitrogens is 1. The highest BCUT2D eigenvalue weighted by atomic mass is 16.5. The van der Waals surface area contributed by atoms with Crippen molar-refractivity contribution in [3.8, 4) is 11.5 Å².